The molecule has 0 aliphatic heterocycles. The lowest BCUT2D eigenvalue weighted by atomic mass is 10.2. The lowest BCUT2D eigenvalue weighted by Gasteiger charge is -2.12. The molecule has 0 spiro atoms. The minimum atomic E-state index is -0.864. The smallest absolute Gasteiger partial charge is 0.258 e. The number of halogens is 1. The lowest BCUT2D eigenvalue weighted by molar-refractivity contribution is 0.102. The number of methoxy groups -OCH3 is 2. The highest BCUT2D eigenvalue weighted by Crippen LogP contribution is 2.29. The van der Waals surface area contributed by atoms with Gasteiger partial charge in [-0.1, -0.05) is 0 Å². The summed E-state index contributed by atoms with van der Waals surface area (Å²) in [4.78, 5) is 15.7. The van der Waals surface area contributed by atoms with E-state index in [1.807, 2.05) is 0 Å². The van der Waals surface area contributed by atoms with Crippen molar-refractivity contribution in [2.75, 3.05) is 25.3 Å². The van der Waals surface area contributed by atoms with E-state index in [2.05, 4.69) is 10.3 Å². The van der Waals surface area contributed by atoms with E-state index >= 15 is 0 Å². The second-order valence-corrected chi connectivity index (χ2v) is 4.08. The van der Waals surface area contributed by atoms with E-state index in [1.54, 1.807) is 18.2 Å². The summed E-state index contributed by atoms with van der Waals surface area (Å²) in [6.07, 6.45) is 1.26. The van der Waals surface area contributed by atoms with Gasteiger partial charge in [0, 0.05) is 12.3 Å². The SMILES string of the molecule is COc1ccc(OC)c(NC(=O)c2ccnc(N)c2F)c1. The Hall–Kier alpha value is -2.83. The van der Waals surface area contributed by atoms with Gasteiger partial charge in [-0.3, -0.25) is 4.79 Å². The number of carbonyl (C=O) groups is 1. The number of carbonyl (C=O) groups excluding carboxylic acids is 1. The van der Waals surface area contributed by atoms with Crippen molar-refractivity contribution in [3.8, 4) is 11.5 Å². The fraction of sp³-hybridized carbons (Fsp3) is 0.143. The van der Waals surface area contributed by atoms with E-state index in [0.29, 0.717) is 17.2 Å². The van der Waals surface area contributed by atoms with Crippen LogP contribution in [0.4, 0.5) is 15.9 Å². The molecule has 110 valence electrons. The van der Waals surface area contributed by atoms with E-state index in [4.69, 9.17) is 15.2 Å². The summed E-state index contributed by atoms with van der Waals surface area (Å²) in [7, 11) is 2.96. The summed E-state index contributed by atoms with van der Waals surface area (Å²) in [5.74, 6) is -0.905. The molecule has 1 aromatic heterocycles. The third-order valence-corrected chi connectivity index (χ3v) is 2.82. The Morgan fingerprint density at radius 2 is 2.05 bits per heavy atom. The van der Waals surface area contributed by atoms with Crippen molar-refractivity contribution in [2.24, 2.45) is 0 Å². The molecule has 2 aromatic rings. The van der Waals surface area contributed by atoms with Gasteiger partial charge in [-0.2, -0.15) is 0 Å². The number of nitrogens with two attached hydrogens (primary N) is 1. The fourth-order valence-corrected chi connectivity index (χ4v) is 1.74. The third-order valence-electron chi connectivity index (χ3n) is 2.82. The van der Waals surface area contributed by atoms with Gasteiger partial charge < -0.3 is 20.5 Å². The normalized spacial score (nSPS) is 10.0. The molecule has 0 aliphatic carbocycles. The maximum Gasteiger partial charge on any atom is 0.258 e. The topological polar surface area (TPSA) is 86.5 Å². The molecule has 0 radical (unpaired) electrons. The Kier molecular flexibility index (Phi) is 4.22. The molecule has 0 unspecified atom stereocenters. The molecule has 6 nitrogen and oxygen atoms in total. The number of pyridine rings is 1. The van der Waals surface area contributed by atoms with E-state index in [0.717, 1.165) is 0 Å². The summed E-state index contributed by atoms with van der Waals surface area (Å²) in [6.45, 7) is 0. The number of anilines is 2. The van der Waals surface area contributed by atoms with Crippen LogP contribution in [0, 0.1) is 5.82 Å². The molecule has 3 N–H and O–H groups in total. The van der Waals surface area contributed by atoms with Crippen LogP contribution in [-0.2, 0) is 0 Å². The molecule has 0 saturated heterocycles. The second kappa shape index (κ2) is 6.08. The average molecular weight is 291 g/mol. The van der Waals surface area contributed by atoms with Gasteiger partial charge >= 0.3 is 0 Å². The number of benzene rings is 1. The van der Waals surface area contributed by atoms with Crippen molar-refractivity contribution >= 4 is 17.4 Å². The molecule has 1 aromatic carbocycles. The van der Waals surface area contributed by atoms with Gasteiger partial charge in [0.15, 0.2) is 11.6 Å². The summed E-state index contributed by atoms with van der Waals surface area (Å²) >= 11 is 0. The lowest BCUT2D eigenvalue weighted by Crippen LogP contribution is -2.15. The summed E-state index contributed by atoms with van der Waals surface area (Å²) < 4.78 is 24.0. The summed E-state index contributed by atoms with van der Waals surface area (Å²) in [5.41, 5.74) is 5.50. The first-order valence-electron chi connectivity index (χ1n) is 6.00. The first-order valence-corrected chi connectivity index (χ1v) is 6.00. The highest BCUT2D eigenvalue weighted by atomic mass is 19.1. The maximum absolute atomic E-state index is 13.8. The van der Waals surface area contributed by atoms with Crippen molar-refractivity contribution in [1.29, 1.82) is 0 Å². The molecule has 2 rings (SSSR count). The van der Waals surface area contributed by atoms with Gasteiger partial charge in [0.1, 0.15) is 11.5 Å². The predicted molar refractivity (Wildman–Crippen MR) is 76.1 cm³/mol. The number of aromatic nitrogens is 1. The van der Waals surface area contributed by atoms with Crippen LogP contribution in [0.25, 0.3) is 0 Å². The van der Waals surface area contributed by atoms with Gasteiger partial charge in [0.05, 0.1) is 25.5 Å². The van der Waals surface area contributed by atoms with Crippen LogP contribution in [0.1, 0.15) is 10.4 Å². The number of nitrogen functional groups attached to an aromatic ring is 1. The van der Waals surface area contributed by atoms with Crippen LogP contribution in [0.3, 0.4) is 0 Å². The Balaban J connectivity index is 2.33. The minimum Gasteiger partial charge on any atom is -0.497 e. The van der Waals surface area contributed by atoms with Gasteiger partial charge in [0.2, 0.25) is 0 Å². The van der Waals surface area contributed by atoms with Crippen LogP contribution < -0.4 is 20.5 Å². The molecule has 1 amide bonds. The zero-order chi connectivity index (χ0) is 15.4. The molecule has 21 heavy (non-hydrogen) atoms. The standard InChI is InChI=1S/C14H14FN3O3/c1-20-8-3-4-11(21-2)10(7-8)18-14(19)9-5-6-17-13(16)12(9)15/h3-7H,1-2H3,(H2,16,17)(H,18,19). The predicted octanol–water partition coefficient (Wildman–Crippen LogP) is 2.07. The van der Waals surface area contributed by atoms with Gasteiger partial charge in [-0.05, 0) is 18.2 Å². The van der Waals surface area contributed by atoms with E-state index < -0.39 is 11.7 Å². The average Bonchev–Trinajstić information content (AvgIpc) is 2.49. The van der Waals surface area contributed by atoms with Crippen LogP contribution in [0.15, 0.2) is 30.5 Å². The largest absolute Gasteiger partial charge is 0.497 e. The summed E-state index contributed by atoms with van der Waals surface area (Å²) in [6, 6.07) is 6.12. The molecule has 0 fully saturated rings. The van der Waals surface area contributed by atoms with E-state index in [-0.39, 0.29) is 11.4 Å². The minimum absolute atomic E-state index is 0.202. The van der Waals surface area contributed by atoms with Gasteiger partial charge in [-0.15, -0.1) is 0 Å². The highest BCUT2D eigenvalue weighted by molar-refractivity contribution is 6.05. The Morgan fingerprint density at radius 1 is 1.29 bits per heavy atom. The van der Waals surface area contributed by atoms with Crippen LogP contribution >= 0.6 is 0 Å². The molecule has 0 aliphatic rings. The first kappa shape index (κ1) is 14.6. The van der Waals surface area contributed by atoms with Crippen molar-refractivity contribution < 1.29 is 18.7 Å². The van der Waals surface area contributed by atoms with Crippen LogP contribution in [0.5, 0.6) is 11.5 Å². The van der Waals surface area contributed by atoms with Crippen LogP contribution in [0.2, 0.25) is 0 Å². The molecule has 0 atom stereocenters. The third kappa shape index (κ3) is 3.02. The van der Waals surface area contributed by atoms with Crippen molar-refractivity contribution in [3.05, 3.63) is 41.8 Å². The molecule has 0 bridgehead atoms. The molecule has 7 heteroatoms. The Morgan fingerprint density at radius 3 is 2.71 bits per heavy atom. The number of hydrogen-bond donors (Lipinski definition) is 2. The van der Waals surface area contributed by atoms with Crippen molar-refractivity contribution in [2.45, 2.75) is 0 Å². The fourth-order valence-electron chi connectivity index (χ4n) is 1.74. The van der Waals surface area contributed by atoms with Gasteiger partial charge in [-0.25, -0.2) is 9.37 Å². The van der Waals surface area contributed by atoms with E-state index in [1.165, 1.54) is 26.5 Å². The highest BCUT2D eigenvalue weighted by Gasteiger charge is 2.16. The number of ether oxygens (including phenoxy) is 2. The number of hydrogen-bond acceptors (Lipinski definition) is 5. The quantitative estimate of drug-likeness (QED) is 0.900. The van der Waals surface area contributed by atoms with Gasteiger partial charge in [0.25, 0.3) is 5.91 Å². The molecule has 1 heterocycles. The zero-order valence-electron chi connectivity index (χ0n) is 11.5. The van der Waals surface area contributed by atoms with Crippen molar-refractivity contribution in [1.82, 2.24) is 4.98 Å². The zero-order valence-corrected chi connectivity index (χ0v) is 11.5. The Labute approximate surface area is 120 Å². The Bertz CT molecular complexity index is 677. The van der Waals surface area contributed by atoms with Crippen molar-refractivity contribution in [3.63, 3.8) is 0 Å². The first-order chi connectivity index (χ1) is 10.1. The number of amides is 1. The van der Waals surface area contributed by atoms with Crippen LogP contribution in [-0.4, -0.2) is 25.1 Å². The molecular weight excluding hydrogens is 277 g/mol. The number of rotatable bonds is 4. The number of nitrogens with zero attached hydrogens (tertiary/aromatic N) is 1. The number of nitrogens with one attached hydrogen (secondary N) is 1. The maximum atomic E-state index is 13.8. The molecule has 0 saturated carbocycles. The summed E-state index contributed by atoms with van der Waals surface area (Å²) in [5, 5.41) is 2.55. The van der Waals surface area contributed by atoms with E-state index in [9.17, 15) is 9.18 Å². The second-order valence-electron chi connectivity index (χ2n) is 4.08. The molecular formula is C14H14FN3O3. The monoisotopic (exact) mass is 291 g/mol.